The summed E-state index contributed by atoms with van der Waals surface area (Å²) in [7, 11) is 0. The number of anilines is 1. The number of aliphatic carboxylic acids is 1. The van der Waals surface area contributed by atoms with Gasteiger partial charge < -0.3 is 15.7 Å². The van der Waals surface area contributed by atoms with Crippen molar-refractivity contribution in [2.75, 3.05) is 5.32 Å². The lowest BCUT2D eigenvalue weighted by molar-refractivity contribution is -0.140. The number of thioether (sulfide) groups is 1. The van der Waals surface area contributed by atoms with Crippen molar-refractivity contribution >= 4 is 29.4 Å². The Bertz CT molecular complexity index is 512. The van der Waals surface area contributed by atoms with Gasteiger partial charge >= 0.3 is 12.0 Å². The minimum atomic E-state index is -2.61. The molecule has 3 N–H and O–H groups in total. The Hall–Kier alpha value is -1.83. The fourth-order valence-corrected chi connectivity index (χ4v) is 2.18. The van der Waals surface area contributed by atoms with E-state index >= 15 is 0 Å². The third-order valence-corrected chi connectivity index (χ3v) is 3.36. The lowest BCUT2D eigenvalue weighted by Gasteiger charge is -2.19. The Labute approximate surface area is 125 Å². The number of halogens is 2. The van der Waals surface area contributed by atoms with Crippen LogP contribution < -0.4 is 10.6 Å². The molecule has 0 bridgehead atoms. The first-order valence-corrected chi connectivity index (χ1v) is 7.03. The van der Waals surface area contributed by atoms with Gasteiger partial charge in [0.1, 0.15) is 6.04 Å². The van der Waals surface area contributed by atoms with Crippen LogP contribution in [-0.2, 0) is 4.79 Å². The molecule has 1 aromatic carbocycles. The monoisotopic (exact) mass is 318 g/mol. The lowest BCUT2D eigenvalue weighted by atomic mass is 10.1. The topological polar surface area (TPSA) is 78.4 Å². The SMILES string of the molecule is CC(C)[C@@H](NC(=O)Nc1ccccc1SC(F)F)C(=O)O. The number of nitrogens with one attached hydrogen (secondary N) is 2. The van der Waals surface area contributed by atoms with E-state index in [4.69, 9.17) is 5.11 Å². The molecule has 116 valence electrons. The first-order chi connectivity index (χ1) is 9.81. The number of para-hydroxylation sites is 1. The molecule has 0 saturated carbocycles. The highest BCUT2D eigenvalue weighted by atomic mass is 32.2. The second-order valence-corrected chi connectivity index (χ2v) is 5.56. The van der Waals surface area contributed by atoms with Gasteiger partial charge in [0.15, 0.2) is 0 Å². The lowest BCUT2D eigenvalue weighted by Crippen LogP contribution is -2.46. The maximum absolute atomic E-state index is 12.4. The van der Waals surface area contributed by atoms with Crippen LogP contribution in [0, 0.1) is 5.92 Å². The number of carboxylic acid groups (broad SMARTS) is 1. The van der Waals surface area contributed by atoms with E-state index in [2.05, 4.69) is 10.6 Å². The van der Waals surface area contributed by atoms with Crippen LogP contribution in [0.25, 0.3) is 0 Å². The summed E-state index contributed by atoms with van der Waals surface area (Å²) in [6.45, 7) is 3.30. The molecule has 0 heterocycles. The molecule has 5 nitrogen and oxygen atoms in total. The molecule has 0 aliphatic carbocycles. The number of benzene rings is 1. The van der Waals surface area contributed by atoms with Crippen LogP contribution in [0.5, 0.6) is 0 Å². The summed E-state index contributed by atoms with van der Waals surface area (Å²) < 4.78 is 24.8. The summed E-state index contributed by atoms with van der Waals surface area (Å²) in [5.74, 6) is -4.08. The number of carbonyl (C=O) groups is 2. The Balaban J connectivity index is 2.77. The Morgan fingerprint density at radius 3 is 2.38 bits per heavy atom. The van der Waals surface area contributed by atoms with E-state index in [0.717, 1.165) is 0 Å². The van der Waals surface area contributed by atoms with Crippen molar-refractivity contribution in [2.45, 2.75) is 30.5 Å². The molecule has 0 spiro atoms. The first kappa shape index (κ1) is 17.2. The summed E-state index contributed by atoms with van der Waals surface area (Å²) >= 11 is 0.306. The highest BCUT2D eigenvalue weighted by Crippen LogP contribution is 2.31. The predicted molar refractivity (Wildman–Crippen MR) is 76.7 cm³/mol. The molecule has 0 saturated heterocycles. The summed E-state index contributed by atoms with van der Waals surface area (Å²) in [5.41, 5.74) is 0.202. The first-order valence-electron chi connectivity index (χ1n) is 6.15. The van der Waals surface area contributed by atoms with Crippen molar-refractivity contribution in [3.05, 3.63) is 24.3 Å². The maximum atomic E-state index is 12.4. The van der Waals surface area contributed by atoms with Crippen molar-refractivity contribution in [2.24, 2.45) is 5.92 Å². The Morgan fingerprint density at radius 2 is 1.86 bits per heavy atom. The molecule has 0 fully saturated rings. The predicted octanol–water partition coefficient (Wildman–Crippen LogP) is 3.23. The minimum Gasteiger partial charge on any atom is -0.480 e. The molecule has 8 heteroatoms. The average molecular weight is 318 g/mol. The van der Waals surface area contributed by atoms with Crippen LogP contribution in [0.4, 0.5) is 19.3 Å². The van der Waals surface area contributed by atoms with E-state index in [0.29, 0.717) is 11.8 Å². The normalized spacial score (nSPS) is 12.3. The number of urea groups is 1. The number of carbonyl (C=O) groups excluding carboxylic acids is 1. The molecule has 1 rings (SSSR count). The van der Waals surface area contributed by atoms with Gasteiger partial charge in [-0.05, 0) is 18.1 Å². The standard InChI is InChI=1S/C13H16F2N2O3S/c1-7(2)10(11(18)19)17-13(20)16-8-5-3-4-6-9(8)21-12(14)15/h3-7,10,12H,1-2H3,(H,18,19)(H2,16,17,20)/t10-/m1/s1. The van der Waals surface area contributed by atoms with Crippen LogP contribution in [0.3, 0.4) is 0 Å². The largest absolute Gasteiger partial charge is 0.480 e. The maximum Gasteiger partial charge on any atom is 0.326 e. The van der Waals surface area contributed by atoms with Gasteiger partial charge in [-0.25, -0.2) is 9.59 Å². The Kier molecular flexibility index (Phi) is 6.41. The summed E-state index contributed by atoms with van der Waals surface area (Å²) in [6.07, 6.45) is 0. The van der Waals surface area contributed by atoms with Crippen LogP contribution in [0.2, 0.25) is 0 Å². The van der Waals surface area contributed by atoms with Gasteiger partial charge in [0, 0.05) is 4.90 Å². The van der Waals surface area contributed by atoms with Crippen LogP contribution in [0.15, 0.2) is 29.2 Å². The minimum absolute atomic E-state index is 0.202. The van der Waals surface area contributed by atoms with E-state index in [9.17, 15) is 18.4 Å². The molecule has 1 aromatic rings. The van der Waals surface area contributed by atoms with E-state index in [1.54, 1.807) is 26.0 Å². The highest BCUT2D eigenvalue weighted by molar-refractivity contribution is 7.99. The number of amides is 2. The summed E-state index contributed by atoms with van der Waals surface area (Å²) in [4.78, 5) is 23.0. The smallest absolute Gasteiger partial charge is 0.326 e. The number of carboxylic acids is 1. The zero-order valence-electron chi connectivity index (χ0n) is 11.5. The van der Waals surface area contributed by atoms with Crippen LogP contribution in [-0.4, -0.2) is 28.9 Å². The van der Waals surface area contributed by atoms with Crippen molar-refractivity contribution in [3.8, 4) is 0 Å². The molecule has 0 aliphatic heterocycles. The van der Waals surface area contributed by atoms with Crippen molar-refractivity contribution < 1.29 is 23.5 Å². The van der Waals surface area contributed by atoms with Crippen molar-refractivity contribution in [3.63, 3.8) is 0 Å². The molecular weight excluding hydrogens is 302 g/mol. The van der Waals surface area contributed by atoms with Gasteiger partial charge in [0.2, 0.25) is 0 Å². The van der Waals surface area contributed by atoms with E-state index in [1.165, 1.54) is 12.1 Å². The fraction of sp³-hybridized carbons (Fsp3) is 0.385. The zero-order chi connectivity index (χ0) is 16.0. The van der Waals surface area contributed by atoms with E-state index in [1.807, 2.05) is 0 Å². The van der Waals surface area contributed by atoms with Gasteiger partial charge in [-0.15, -0.1) is 0 Å². The van der Waals surface area contributed by atoms with E-state index in [-0.39, 0.29) is 16.5 Å². The quantitative estimate of drug-likeness (QED) is 0.704. The molecule has 0 aliphatic rings. The van der Waals surface area contributed by atoms with Gasteiger partial charge in [-0.3, -0.25) is 0 Å². The summed E-state index contributed by atoms with van der Waals surface area (Å²) in [6, 6.07) is 4.27. The average Bonchev–Trinajstić information content (AvgIpc) is 2.37. The fourth-order valence-electron chi connectivity index (χ4n) is 1.58. The van der Waals surface area contributed by atoms with Crippen LogP contribution >= 0.6 is 11.8 Å². The van der Waals surface area contributed by atoms with Crippen molar-refractivity contribution in [1.29, 1.82) is 0 Å². The van der Waals surface area contributed by atoms with Gasteiger partial charge in [0.05, 0.1) is 5.69 Å². The third-order valence-electron chi connectivity index (χ3n) is 2.57. The van der Waals surface area contributed by atoms with E-state index < -0.39 is 23.8 Å². The number of hydrogen-bond donors (Lipinski definition) is 3. The van der Waals surface area contributed by atoms with Gasteiger partial charge in [-0.1, -0.05) is 37.7 Å². The Morgan fingerprint density at radius 1 is 1.24 bits per heavy atom. The van der Waals surface area contributed by atoms with Crippen LogP contribution in [0.1, 0.15) is 13.8 Å². The highest BCUT2D eigenvalue weighted by Gasteiger charge is 2.23. The molecule has 2 amide bonds. The molecular formula is C13H16F2N2O3S. The molecule has 21 heavy (non-hydrogen) atoms. The molecule has 0 unspecified atom stereocenters. The zero-order valence-corrected chi connectivity index (χ0v) is 12.3. The molecule has 1 atom stereocenters. The molecule has 0 radical (unpaired) electrons. The van der Waals surface area contributed by atoms with Gasteiger partial charge in [0.25, 0.3) is 5.76 Å². The number of hydrogen-bond acceptors (Lipinski definition) is 3. The van der Waals surface area contributed by atoms with Crippen molar-refractivity contribution in [1.82, 2.24) is 5.32 Å². The second-order valence-electron chi connectivity index (χ2n) is 4.53. The third kappa shape index (κ3) is 5.58. The van der Waals surface area contributed by atoms with Gasteiger partial charge in [-0.2, -0.15) is 8.78 Å². The summed E-state index contributed by atoms with van der Waals surface area (Å²) in [5, 5.41) is 13.7. The second kappa shape index (κ2) is 7.82. The number of rotatable bonds is 6. The molecule has 0 aromatic heterocycles. The number of alkyl halides is 2.